The number of ether oxygens (including phenoxy) is 1. The zero-order chi connectivity index (χ0) is 11.8. The van der Waals surface area contributed by atoms with E-state index in [9.17, 15) is 5.11 Å². The van der Waals surface area contributed by atoms with Crippen LogP contribution in [0.3, 0.4) is 0 Å². The van der Waals surface area contributed by atoms with Crippen molar-refractivity contribution in [3.8, 4) is 0 Å². The fraction of sp³-hybridized carbons (Fsp3) is 0.846. The van der Waals surface area contributed by atoms with E-state index in [0.29, 0.717) is 6.10 Å². The summed E-state index contributed by atoms with van der Waals surface area (Å²) in [5, 5.41) is 9.82. The van der Waals surface area contributed by atoms with Gasteiger partial charge in [-0.2, -0.15) is 0 Å². The molecule has 2 atom stereocenters. The van der Waals surface area contributed by atoms with E-state index in [1.165, 1.54) is 6.42 Å². The van der Waals surface area contributed by atoms with Crippen molar-refractivity contribution in [2.24, 2.45) is 0 Å². The van der Waals surface area contributed by atoms with Crippen LogP contribution in [-0.2, 0) is 4.74 Å². The van der Waals surface area contributed by atoms with Gasteiger partial charge in [-0.25, -0.2) is 0 Å². The van der Waals surface area contributed by atoms with Crippen LogP contribution >= 0.6 is 0 Å². The van der Waals surface area contributed by atoms with Crippen LogP contribution in [0.25, 0.3) is 0 Å². The van der Waals surface area contributed by atoms with Gasteiger partial charge in [0.25, 0.3) is 0 Å². The summed E-state index contributed by atoms with van der Waals surface area (Å²) in [5.74, 6) is 0. The van der Waals surface area contributed by atoms with Gasteiger partial charge in [-0.05, 0) is 39.2 Å². The molecule has 16 heavy (non-hydrogen) atoms. The lowest BCUT2D eigenvalue weighted by atomic mass is 10.1. The van der Waals surface area contributed by atoms with Gasteiger partial charge in [-0.3, -0.25) is 4.90 Å². The molecule has 1 fully saturated rings. The lowest BCUT2D eigenvalue weighted by Gasteiger charge is -2.33. The number of hydrogen-bond donors (Lipinski definition) is 1. The van der Waals surface area contributed by atoms with E-state index < -0.39 is 0 Å². The van der Waals surface area contributed by atoms with Crippen LogP contribution in [0.4, 0.5) is 0 Å². The third kappa shape index (κ3) is 5.10. The molecule has 1 aliphatic heterocycles. The number of β-amino-alcohol motifs (C(OH)–C–C–N with tert-alkyl or cyclic N) is 1. The van der Waals surface area contributed by atoms with Gasteiger partial charge in [0.15, 0.2) is 0 Å². The maximum Gasteiger partial charge on any atom is 0.0702 e. The highest BCUT2D eigenvalue weighted by molar-refractivity contribution is 4.77. The Kier molecular flexibility index (Phi) is 6.69. The van der Waals surface area contributed by atoms with Gasteiger partial charge >= 0.3 is 0 Å². The maximum absolute atomic E-state index is 9.82. The number of allylic oxidation sites excluding steroid dienone is 1. The van der Waals surface area contributed by atoms with Crippen LogP contribution in [0.5, 0.6) is 0 Å². The zero-order valence-corrected chi connectivity index (χ0v) is 10.4. The van der Waals surface area contributed by atoms with Crippen molar-refractivity contribution in [1.29, 1.82) is 0 Å². The van der Waals surface area contributed by atoms with Crippen LogP contribution in [0.1, 0.15) is 32.6 Å². The van der Waals surface area contributed by atoms with Crippen LogP contribution in [0.15, 0.2) is 12.7 Å². The molecule has 94 valence electrons. The Morgan fingerprint density at radius 3 is 3.12 bits per heavy atom. The number of aliphatic hydroxyl groups is 1. The minimum atomic E-state index is -0.224. The summed E-state index contributed by atoms with van der Waals surface area (Å²) in [6.45, 7) is 9.34. The molecule has 3 nitrogen and oxygen atoms in total. The fourth-order valence-corrected chi connectivity index (χ4v) is 2.25. The second kappa shape index (κ2) is 7.82. The third-order valence-electron chi connectivity index (χ3n) is 3.04. The first-order valence-corrected chi connectivity index (χ1v) is 6.39. The predicted octanol–water partition coefficient (Wildman–Crippen LogP) is 1.81. The van der Waals surface area contributed by atoms with Crippen molar-refractivity contribution in [3.63, 3.8) is 0 Å². The Morgan fingerprint density at radius 2 is 2.44 bits per heavy atom. The van der Waals surface area contributed by atoms with Crippen molar-refractivity contribution in [2.45, 2.75) is 44.8 Å². The zero-order valence-electron chi connectivity index (χ0n) is 10.4. The average Bonchev–Trinajstić information content (AvgIpc) is 2.27. The SMILES string of the molecule is C=CCCC(O)CN1CCCC(OCC)C1. The van der Waals surface area contributed by atoms with E-state index in [0.717, 1.165) is 45.5 Å². The van der Waals surface area contributed by atoms with E-state index in [4.69, 9.17) is 4.74 Å². The molecule has 0 aliphatic carbocycles. The van der Waals surface area contributed by atoms with E-state index in [1.54, 1.807) is 0 Å². The molecule has 0 amide bonds. The molecule has 0 bridgehead atoms. The summed E-state index contributed by atoms with van der Waals surface area (Å²) in [6.07, 6.45) is 6.06. The lowest BCUT2D eigenvalue weighted by molar-refractivity contribution is -0.00746. The number of aliphatic hydroxyl groups excluding tert-OH is 1. The topological polar surface area (TPSA) is 32.7 Å². The van der Waals surface area contributed by atoms with Crippen LogP contribution in [0, 0.1) is 0 Å². The van der Waals surface area contributed by atoms with Crippen molar-refractivity contribution < 1.29 is 9.84 Å². The number of rotatable bonds is 7. The molecule has 0 radical (unpaired) electrons. The molecule has 0 spiro atoms. The first-order valence-electron chi connectivity index (χ1n) is 6.39. The number of hydrogen-bond acceptors (Lipinski definition) is 3. The second-order valence-electron chi connectivity index (χ2n) is 4.50. The number of nitrogens with zero attached hydrogens (tertiary/aromatic N) is 1. The summed E-state index contributed by atoms with van der Waals surface area (Å²) in [6, 6.07) is 0. The van der Waals surface area contributed by atoms with Gasteiger partial charge < -0.3 is 9.84 Å². The molecule has 0 saturated carbocycles. The average molecular weight is 227 g/mol. The second-order valence-corrected chi connectivity index (χ2v) is 4.50. The molecule has 0 aromatic carbocycles. The molecule has 0 aromatic heterocycles. The highest BCUT2D eigenvalue weighted by Gasteiger charge is 2.21. The molecule has 3 heteroatoms. The molecular weight excluding hydrogens is 202 g/mol. The number of likely N-dealkylation sites (tertiary alicyclic amines) is 1. The lowest BCUT2D eigenvalue weighted by Crippen LogP contribution is -2.43. The van der Waals surface area contributed by atoms with Crippen LogP contribution < -0.4 is 0 Å². The van der Waals surface area contributed by atoms with E-state index in [-0.39, 0.29) is 6.10 Å². The minimum Gasteiger partial charge on any atom is -0.392 e. The number of piperidine rings is 1. The summed E-state index contributed by atoms with van der Waals surface area (Å²) in [4.78, 5) is 2.32. The van der Waals surface area contributed by atoms with Crippen molar-refractivity contribution >= 4 is 0 Å². The van der Waals surface area contributed by atoms with Gasteiger partial charge in [-0.15, -0.1) is 6.58 Å². The summed E-state index contributed by atoms with van der Waals surface area (Å²) in [7, 11) is 0. The minimum absolute atomic E-state index is 0.224. The van der Waals surface area contributed by atoms with Crippen molar-refractivity contribution in [3.05, 3.63) is 12.7 Å². The molecule has 1 N–H and O–H groups in total. The largest absolute Gasteiger partial charge is 0.392 e. The summed E-state index contributed by atoms with van der Waals surface area (Å²) >= 11 is 0. The molecule has 1 saturated heterocycles. The van der Waals surface area contributed by atoms with E-state index in [2.05, 4.69) is 11.5 Å². The Morgan fingerprint density at radius 1 is 1.62 bits per heavy atom. The molecule has 1 heterocycles. The Hall–Kier alpha value is -0.380. The molecule has 1 rings (SSSR count). The molecule has 1 aliphatic rings. The highest BCUT2D eigenvalue weighted by atomic mass is 16.5. The third-order valence-corrected chi connectivity index (χ3v) is 3.04. The van der Waals surface area contributed by atoms with Gasteiger partial charge in [-0.1, -0.05) is 6.08 Å². The first-order chi connectivity index (χ1) is 7.76. The summed E-state index contributed by atoms with van der Waals surface area (Å²) in [5.41, 5.74) is 0. The quantitative estimate of drug-likeness (QED) is 0.673. The Labute approximate surface area is 99.1 Å². The van der Waals surface area contributed by atoms with Crippen LogP contribution in [-0.4, -0.2) is 48.5 Å². The first kappa shape index (κ1) is 13.7. The molecule has 2 unspecified atom stereocenters. The van der Waals surface area contributed by atoms with Crippen LogP contribution in [0.2, 0.25) is 0 Å². The Balaban J connectivity index is 2.22. The predicted molar refractivity (Wildman–Crippen MR) is 66.5 cm³/mol. The van der Waals surface area contributed by atoms with Gasteiger partial charge in [0.2, 0.25) is 0 Å². The van der Waals surface area contributed by atoms with Crippen molar-refractivity contribution in [2.75, 3.05) is 26.2 Å². The van der Waals surface area contributed by atoms with Gasteiger partial charge in [0, 0.05) is 19.7 Å². The standard InChI is InChI=1S/C13H25NO2/c1-3-5-7-12(15)10-14-9-6-8-13(11-14)16-4-2/h3,12-13,15H,1,4-11H2,2H3. The Bertz CT molecular complexity index is 194. The highest BCUT2D eigenvalue weighted by Crippen LogP contribution is 2.14. The van der Waals surface area contributed by atoms with Gasteiger partial charge in [0.05, 0.1) is 12.2 Å². The fourth-order valence-electron chi connectivity index (χ4n) is 2.25. The van der Waals surface area contributed by atoms with E-state index >= 15 is 0 Å². The molecular formula is C13H25NO2. The smallest absolute Gasteiger partial charge is 0.0702 e. The summed E-state index contributed by atoms with van der Waals surface area (Å²) < 4.78 is 5.64. The normalized spacial score (nSPS) is 24.2. The maximum atomic E-state index is 9.82. The molecule has 0 aromatic rings. The van der Waals surface area contributed by atoms with E-state index in [1.807, 2.05) is 13.0 Å². The van der Waals surface area contributed by atoms with Gasteiger partial charge in [0.1, 0.15) is 0 Å². The monoisotopic (exact) mass is 227 g/mol. The van der Waals surface area contributed by atoms with Crippen molar-refractivity contribution in [1.82, 2.24) is 4.90 Å².